The lowest BCUT2D eigenvalue weighted by atomic mass is 9.81. The molecule has 1 saturated carbocycles. The van der Waals surface area contributed by atoms with E-state index in [0.29, 0.717) is 57.2 Å². The molecule has 2 saturated heterocycles. The molecule has 14 unspecified atom stereocenters. The zero-order valence-corrected chi connectivity index (χ0v) is 35.7. The van der Waals surface area contributed by atoms with Crippen LogP contribution in [-0.4, -0.2) is 121 Å². The molecule has 0 aromatic heterocycles. The standard InChI is InChI=1S/C45H71NO11/c1-11-13-33-19-26(2)18-27(3)20-39(54-9)42-40(55-10)22-29(5)45(52,57-42)43(50)44(51)46-17-12-14-34(25-46)31(7)56-41(30(6)36(48)24-37(33)49)28(4)21-32-15-16-35(47)38(23-32)53-8/h11,19,21,27,29-30,32-36,38-42,47-48,52H,1,7,12-18,20,22-25H2,2-6,8-10H3/b26-19+,28-21+. The van der Waals surface area contributed by atoms with Gasteiger partial charge in [-0.15, -0.1) is 6.58 Å². The first-order chi connectivity index (χ1) is 27.0. The van der Waals surface area contributed by atoms with Gasteiger partial charge in [0.25, 0.3) is 11.7 Å². The number of hydrogen-bond acceptors (Lipinski definition) is 11. The first kappa shape index (κ1) is 47.0. The predicted octanol–water partition coefficient (Wildman–Crippen LogP) is 5.48. The van der Waals surface area contributed by atoms with E-state index in [-0.39, 0.29) is 49.0 Å². The number of aliphatic hydroxyl groups is 3. The van der Waals surface area contributed by atoms with Gasteiger partial charge >= 0.3 is 0 Å². The van der Waals surface area contributed by atoms with Gasteiger partial charge in [0.1, 0.15) is 18.0 Å². The van der Waals surface area contributed by atoms with Crippen molar-refractivity contribution in [2.24, 2.45) is 35.5 Å². The van der Waals surface area contributed by atoms with Gasteiger partial charge in [-0.1, -0.05) is 51.2 Å². The van der Waals surface area contributed by atoms with E-state index in [0.717, 1.165) is 17.6 Å². The lowest BCUT2D eigenvalue weighted by molar-refractivity contribution is -0.302. The zero-order valence-electron chi connectivity index (χ0n) is 35.7. The van der Waals surface area contributed by atoms with Crippen LogP contribution in [0.25, 0.3) is 0 Å². The van der Waals surface area contributed by atoms with E-state index in [1.807, 2.05) is 26.8 Å². The molecule has 3 fully saturated rings. The van der Waals surface area contributed by atoms with Crippen LogP contribution in [0, 0.1) is 35.5 Å². The second-order valence-corrected chi connectivity index (χ2v) is 17.5. The summed E-state index contributed by atoms with van der Waals surface area (Å²) in [5, 5.41) is 34.1. The molecule has 0 aromatic carbocycles. The van der Waals surface area contributed by atoms with E-state index in [1.165, 1.54) is 4.90 Å². The first-order valence-corrected chi connectivity index (χ1v) is 21.0. The van der Waals surface area contributed by atoms with E-state index in [4.69, 9.17) is 23.7 Å². The third-order valence-electron chi connectivity index (χ3n) is 13.0. The van der Waals surface area contributed by atoms with Crippen LogP contribution < -0.4 is 0 Å². The van der Waals surface area contributed by atoms with Crippen LogP contribution in [0.15, 0.2) is 48.3 Å². The lowest BCUT2D eigenvalue weighted by Gasteiger charge is -2.46. The maximum Gasteiger partial charge on any atom is 0.295 e. The number of ether oxygens (including phenoxy) is 5. The minimum atomic E-state index is -2.39. The summed E-state index contributed by atoms with van der Waals surface area (Å²) in [6.45, 7) is 18.2. The summed E-state index contributed by atoms with van der Waals surface area (Å²) in [6, 6.07) is 0. The SMILES string of the molecule is C=CCC1/C=C(\C)CC(C)CC(OC)C2OC(O)(C(=O)C(=O)N3CCCC(C3)C(=C)OC(/C(C)=C/C3CCC(O)C(OC)C3)C(C)C(O)CC1=O)C(C)CC2OC. The molecule has 0 spiro atoms. The Kier molecular flexibility index (Phi) is 17.3. The van der Waals surface area contributed by atoms with Crippen molar-refractivity contribution in [1.29, 1.82) is 0 Å². The molecule has 1 amide bonds. The van der Waals surface area contributed by atoms with Gasteiger partial charge < -0.3 is 43.9 Å². The maximum atomic E-state index is 14.1. The third-order valence-corrected chi connectivity index (χ3v) is 13.0. The van der Waals surface area contributed by atoms with Gasteiger partial charge in [0.15, 0.2) is 0 Å². The first-order valence-electron chi connectivity index (χ1n) is 21.0. The summed E-state index contributed by atoms with van der Waals surface area (Å²) in [5.41, 5.74) is 1.85. The van der Waals surface area contributed by atoms with E-state index >= 15 is 0 Å². The Morgan fingerprint density at radius 2 is 1.63 bits per heavy atom. The van der Waals surface area contributed by atoms with Crippen LogP contribution in [0.2, 0.25) is 0 Å². The Balaban J connectivity index is 1.73. The number of carbonyl (C=O) groups is 3. The lowest BCUT2D eigenvalue weighted by Crippen LogP contribution is -2.63. The van der Waals surface area contributed by atoms with Gasteiger partial charge in [-0.05, 0) is 89.0 Å². The number of rotatable bonds is 7. The summed E-state index contributed by atoms with van der Waals surface area (Å²) >= 11 is 0. The highest BCUT2D eigenvalue weighted by molar-refractivity contribution is 6.38. The van der Waals surface area contributed by atoms with Crippen molar-refractivity contribution in [3.05, 3.63) is 48.3 Å². The van der Waals surface area contributed by atoms with Crippen molar-refractivity contribution in [2.45, 2.75) is 147 Å². The largest absolute Gasteiger partial charge is 0.490 e. The second kappa shape index (κ2) is 21.0. The molecule has 14 atom stereocenters. The molecule has 12 nitrogen and oxygen atoms in total. The number of amides is 1. The summed E-state index contributed by atoms with van der Waals surface area (Å²) in [5.74, 6) is -5.89. The number of hydrogen-bond donors (Lipinski definition) is 3. The van der Waals surface area contributed by atoms with E-state index in [9.17, 15) is 29.7 Å². The Hall–Kier alpha value is -2.71. The molecule has 3 heterocycles. The summed E-state index contributed by atoms with van der Waals surface area (Å²) in [6.07, 6.45) is 6.31. The molecular formula is C45H71NO11. The van der Waals surface area contributed by atoms with Gasteiger partial charge in [-0.25, -0.2) is 0 Å². The zero-order chi connectivity index (χ0) is 42.2. The van der Waals surface area contributed by atoms with Crippen LogP contribution in [-0.2, 0) is 38.1 Å². The number of aliphatic hydroxyl groups excluding tert-OH is 2. The molecule has 322 valence electrons. The highest BCUT2D eigenvalue weighted by Gasteiger charge is 2.56. The highest BCUT2D eigenvalue weighted by atomic mass is 16.7. The molecule has 4 rings (SSSR count). The van der Waals surface area contributed by atoms with Gasteiger partial charge in [-0.3, -0.25) is 14.4 Å². The van der Waals surface area contributed by atoms with Gasteiger partial charge in [0.2, 0.25) is 5.79 Å². The molecular weight excluding hydrogens is 730 g/mol. The number of methoxy groups -OCH3 is 3. The Labute approximate surface area is 340 Å². The predicted molar refractivity (Wildman–Crippen MR) is 217 cm³/mol. The normalized spacial score (nSPS) is 41.0. The van der Waals surface area contributed by atoms with Crippen LogP contribution in [0.4, 0.5) is 0 Å². The minimum absolute atomic E-state index is 0.0395. The molecule has 4 bridgehead atoms. The number of nitrogens with zero attached hydrogens (tertiary/aromatic N) is 1. The van der Waals surface area contributed by atoms with Crippen molar-refractivity contribution in [2.75, 3.05) is 34.4 Å². The third kappa shape index (κ3) is 11.5. The van der Waals surface area contributed by atoms with E-state index < -0.39 is 71.9 Å². The van der Waals surface area contributed by atoms with Gasteiger partial charge in [0.05, 0.1) is 36.3 Å². The molecule has 3 N–H and O–H groups in total. The summed E-state index contributed by atoms with van der Waals surface area (Å²) in [7, 11) is 4.71. The smallest absolute Gasteiger partial charge is 0.295 e. The fourth-order valence-corrected chi connectivity index (χ4v) is 9.50. The van der Waals surface area contributed by atoms with Crippen molar-refractivity contribution in [3.8, 4) is 0 Å². The molecule has 0 radical (unpaired) electrons. The number of Topliss-reactive ketones (excluding diaryl/α,β-unsaturated/α-hetero) is 2. The summed E-state index contributed by atoms with van der Waals surface area (Å²) in [4.78, 5) is 43.5. The van der Waals surface area contributed by atoms with Crippen molar-refractivity contribution in [1.82, 2.24) is 4.90 Å². The second-order valence-electron chi connectivity index (χ2n) is 17.5. The quantitative estimate of drug-likeness (QED) is 0.221. The monoisotopic (exact) mass is 802 g/mol. The van der Waals surface area contributed by atoms with Crippen LogP contribution >= 0.6 is 0 Å². The molecule has 4 aliphatic rings. The number of fused-ring (bicyclic) bond motifs is 4. The molecule has 12 heteroatoms. The maximum absolute atomic E-state index is 14.1. The summed E-state index contributed by atoms with van der Waals surface area (Å²) < 4.78 is 30.3. The van der Waals surface area contributed by atoms with Crippen LogP contribution in [0.5, 0.6) is 0 Å². The van der Waals surface area contributed by atoms with Crippen LogP contribution in [0.3, 0.4) is 0 Å². The van der Waals surface area contributed by atoms with Crippen LogP contribution in [0.1, 0.15) is 98.8 Å². The Bertz CT molecular complexity index is 1480. The minimum Gasteiger partial charge on any atom is -0.490 e. The number of piperidine rings is 1. The Morgan fingerprint density at radius 3 is 2.28 bits per heavy atom. The van der Waals surface area contributed by atoms with Crippen molar-refractivity contribution >= 4 is 17.5 Å². The average Bonchev–Trinajstić information content (AvgIpc) is 3.18. The van der Waals surface area contributed by atoms with E-state index in [2.05, 4.69) is 26.2 Å². The van der Waals surface area contributed by atoms with E-state index in [1.54, 1.807) is 34.3 Å². The van der Waals surface area contributed by atoms with Crippen molar-refractivity contribution in [3.63, 3.8) is 0 Å². The molecule has 57 heavy (non-hydrogen) atoms. The fourth-order valence-electron chi connectivity index (χ4n) is 9.50. The number of ketones is 2. The Morgan fingerprint density at radius 1 is 0.965 bits per heavy atom. The topological polar surface area (TPSA) is 161 Å². The highest BCUT2D eigenvalue weighted by Crippen LogP contribution is 2.39. The van der Waals surface area contributed by atoms with Crippen molar-refractivity contribution < 1.29 is 53.4 Å². The van der Waals surface area contributed by atoms with Gasteiger partial charge in [0, 0.05) is 64.5 Å². The number of allylic oxidation sites excluding steroid dienone is 4. The fraction of sp³-hybridized carbons (Fsp3) is 0.756. The van der Waals surface area contributed by atoms with Gasteiger partial charge in [-0.2, -0.15) is 0 Å². The molecule has 3 aliphatic heterocycles. The number of carbonyl (C=O) groups excluding carboxylic acids is 3. The molecule has 1 aliphatic carbocycles. The molecule has 0 aromatic rings. The average molecular weight is 802 g/mol.